The van der Waals surface area contributed by atoms with E-state index in [1.807, 2.05) is 4.98 Å². The Bertz CT molecular complexity index is 509. The predicted molar refractivity (Wildman–Crippen MR) is 54.3 cm³/mol. The Morgan fingerprint density at radius 1 is 1.29 bits per heavy atom. The molecular formula is C9H12N2O6. The van der Waals surface area contributed by atoms with Crippen molar-refractivity contribution < 1.29 is 20.1 Å². The number of hydrogen-bond acceptors (Lipinski definition) is 6. The molecule has 8 nitrogen and oxygen atoms in total. The Kier molecular flexibility index (Phi) is 3.11. The van der Waals surface area contributed by atoms with Crippen molar-refractivity contribution in [2.24, 2.45) is 0 Å². The van der Waals surface area contributed by atoms with Crippen LogP contribution in [0.5, 0.6) is 0 Å². The lowest BCUT2D eigenvalue weighted by molar-refractivity contribution is -0.212. The summed E-state index contributed by atoms with van der Waals surface area (Å²) in [5.74, 6) is 0. The number of aromatic nitrogens is 2. The molecule has 1 fully saturated rings. The van der Waals surface area contributed by atoms with Crippen molar-refractivity contribution in [1.82, 2.24) is 9.55 Å². The maximum absolute atomic E-state index is 11.4. The number of rotatable bonds is 1. The zero-order valence-corrected chi connectivity index (χ0v) is 8.68. The Morgan fingerprint density at radius 2 is 2.00 bits per heavy atom. The van der Waals surface area contributed by atoms with Gasteiger partial charge in [0, 0.05) is 12.3 Å². The maximum atomic E-state index is 11.4. The van der Waals surface area contributed by atoms with Crippen LogP contribution in [-0.2, 0) is 4.74 Å². The summed E-state index contributed by atoms with van der Waals surface area (Å²) in [5, 5.41) is 28.4. The minimum atomic E-state index is -1.46. The summed E-state index contributed by atoms with van der Waals surface area (Å²) in [6, 6.07) is 1.09. The lowest BCUT2D eigenvalue weighted by Crippen LogP contribution is -2.52. The van der Waals surface area contributed by atoms with Gasteiger partial charge in [-0.05, 0) is 0 Å². The summed E-state index contributed by atoms with van der Waals surface area (Å²) in [6.07, 6.45) is -4.06. The standard InChI is InChI=1S/C9H12N2O6/c12-4-3-17-8(7(15)6(4)14)11-2-1-5(13)10-9(11)16/h1-2,4,6-8,12,14-15H,3H2,(H,10,13,16)/t4-,6+,7-,8-/m1/s1. The SMILES string of the molecule is O=c1ccn([C@@H]2OC[C@@H](O)[C@H](O)[C@H]2O)c(=O)[nH]1. The van der Waals surface area contributed by atoms with Gasteiger partial charge < -0.3 is 20.1 Å². The van der Waals surface area contributed by atoms with Crippen molar-refractivity contribution in [3.63, 3.8) is 0 Å². The molecule has 4 N–H and O–H groups in total. The zero-order chi connectivity index (χ0) is 12.6. The van der Waals surface area contributed by atoms with Gasteiger partial charge >= 0.3 is 5.69 Å². The quantitative estimate of drug-likeness (QED) is 0.421. The Balaban J connectivity index is 2.34. The van der Waals surface area contributed by atoms with E-state index in [0.717, 1.165) is 16.8 Å². The first-order valence-corrected chi connectivity index (χ1v) is 4.98. The van der Waals surface area contributed by atoms with E-state index in [4.69, 9.17) is 4.74 Å². The summed E-state index contributed by atoms with van der Waals surface area (Å²) >= 11 is 0. The fourth-order valence-corrected chi connectivity index (χ4v) is 1.66. The van der Waals surface area contributed by atoms with Gasteiger partial charge in [0.1, 0.15) is 18.3 Å². The number of H-pyrrole nitrogens is 1. The highest BCUT2D eigenvalue weighted by Crippen LogP contribution is 2.22. The van der Waals surface area contributed by atoms with Crippen LogP contribution in [0.2, 0.25) is 0 Å². The molecule has 0 radical (unpaired) electrons. The highest BCUT2D eigenvalue weighted by Gasteiger charge is 2.38. The summed E-state index contributed by atoms with van der Waals surface area (Å²) < 4.78 is 6.01. The number of aromatic amines is 1. The van der Waals surface area contributed by atoms with E-state index >= 15 is 0 Å². The van der Waals surface area contributed by atoms with Crippen molar-refractivity contribution in [3.8, 4) is 0 Å². The second-order valence-corrected chi connectivity index (χ2v) is 3.79. The molecule has 0 aliphatic carbocycles. The van der Waals surface area contributed by atoms with E-state index in [-0.39, 0.29) is 6.61 Å². The van der Waals surface area contributed by atoms with Crippen LogP contribution in [0.15, 0.2) is 21.9 Å². The molecule has 1 saturated heterocycles. The predicted octanol–water partition coefficient (Wildman–Crippen LogP) is -2.85. The summed E-state index contributed by atoms with van der Waals surface area (Å²) in [4.78, 5) is 24.3. The minimum Gasteiger partial charge on any atom is -0.388 e. The molecule has 0 saturated carbocycles. The van der Waals surface area contributed by atoms with Crippen LogP contribution in [0.4, 0.5) is 0 Å². The fraction of sp³-hybridized carbons (Fsp3) is 0.556. The van der Waals surface area contributed by atoms with Crippen LogP contribution >= 0.6 is 0 Å². The molecule has 0 bridgehead atoms. The van der Waals surface area contributed by atoms with Crippen molar-refractivity contribution in [2.45, 2.75) is 24.5 Å². The van der Waals surface area contributed by atoms with Crippen LogP contribution in [0.25, 0.3) is 0 Å². The van der Waals surface area contributed by atoms with Crippen LogP contribution in [0.1, 0.15) is 6.23 Å². The average molecular weight is 244 g/mol. The topological polar surface area (TPSA) is 125 Å². The van der Waals surface area contributed by atoms with E-state index in [1.165, 1.54) is 0 Å². The van der Waals surface area contributed by atoms with Gasteiger partial charge in [-0.1, -0.05) is 0 Å². The van der Waals surface area contributed by atoms with Gasteiger partial charge in [-0.2, -0.15) is 0 Å². The zero-order valence-electron chi connectivity index (χ0n) is 8.68. The van der Waals surface area contributed by atoms with E-state index in [2.05, 4.69) is 0 Å². The Hall–Kier alpha value is -1.48. The summed E-state index contributed by atoms with van der Waals surface area (Å²) in [7, 11) is 0. The van der Waals surface area contributed by atoms with Crippen molar-refractivity contribution >= 4 is 0 Å². The largest absolute Gasteiger partial charge is 0.388 e. The second-order valence-electron chi connectivity index (χ2n) is 3.79. The van der Waals surface area contributed by atoms with Gasteiger partial charge in [-0.15, -0.1) is 0 Å². The molecule has 8 heteroatoms. The summed E-state index contributed by atoms with van der Waals surface area (Å²) in [5.41, 5.74) is -1.33. The molecule has 2 heterocycles. The first kappa shape index (κ1) is 12.0. The smallest absolute Gasteiger partial charge is 0.330 e. The van der Waals surface area contributed by atoms with Crippen LogP contribution in [0, 0.1) is 0 Å². The van der Waals surface area contributed by atoms with E-state index in [9.17, 15) is 24.9 Å². The molecule has 94 valence electrons. The third-order valence-electron chi connectivity index (χ3n) is 2.60. The summed E-state index contributed by atoms with van der Waals surface area (Å²) in [6.45, 7) is -0.214. The van der Waals surface area contributed by atoms with Gasteiger partial charge in [0.25, 0.3) is 5.56 Å². The molecule has 17 heavy (non-hydrogen) atoms. The highest BCUT2D eigenvalue weighted by atomic mass is 16.5. The molecule has 1 aromatic rings. The molecule has 4 atom stereocenters. The first-order chi connectivity index (χ1) is 8.00. The van der Waals surface area contributed by atoms with Crippen molar-refractivity contribution in [3.05, 3.63) is 33.1 Å². The van der Waals surface area contributed by atoms with Crippen molar-refractivity contribution in [1.29, 1.82) is 0 Å². The van der Waals surface area contributed by atoms with Gasteiger partial charge in [0.15, 0.2) is 6.23 Å². The molecule has 0 amide bonds. The molecular weight excluding hydrogens is 232 g/mol. The molecule has 0 unspecified atom stereocenters. The van der Waals surface area contributed by atoms with E-state index < -0.39 is 35.8 Å². The average Bonchev–Trinajstić information content (AvgIpc) is 2.28. The number of nitrogens with zero attached hydrogens (tertiary/aromatic N) is 1. The second kappa shape index (κ2) is 4.41. The number of nitrogens with one attached hydrogen (secondary N) is 1. The van der Waals surface area contributed by atoms with Crippen LogP contribution < -0.4 is 11.2 Å². The lowest BCUT2D eigenvalue weighted by atomic mass is 10.0. The van der Waals surface area contributed by atoms with Crippen LogP contribution in [0.3, 0.4) is 0 Å². The van der Waals surface area contributed by atoms with Crippen molar-refractivity contribution in [2.75, 3.05) is 6.61 Å². The highest BCUT2D eigenvalue weighted by molar-refractivity contribution is 4.90. The van der Waals surface area contributed by atoms with Gasteiger partial charge in [0.2, 0.25) is 0 Å². The fourth-order valence-electron chi connectivity index (χ4n) is 1.66. The Labute approximate surface area is 94.7 Å². The maximum Gasteiger partial charge on any atom is 0.330 e. The molecule has 2 rings (SSSR count). The van der Waals surface area contributed by atoms with Gasteiger partial charge in [-0.25, -0.2) is 4.79 Å². The minimum absolute atomic E-state index is 0.214. The van der Waals surface area contributed by atoms with Crippen LogP contribution in [-0.4, -0.2) is 49.8 Å². The first-order valence-electron chi connectivity index (χ1n) is 4.98. The molecule has 1 aliphatic heterocycles. The van der Waals surface area contributed by atoms with Gasteiger partial charge in [-0.3, -0.25) is 14.3 Å². The molecule has 0 spiro atoms. The number of aliphatic hydroxyl groups is 3. The number of ether oxygens (including phenoxy) is 1. The van der Waals surface area contributed by atoms with E-state index in [0.29, 0.717) is 0 Å². The lowest BCUT2D eigenvalue weighted by Gasteiger charge is -2.35. The number of aliphatic hydroxyl groups excluding tert-OH is 3. The normalized spacial score (nSPS) is 33.6. The third kappa shape index (κ3) is 2.15. The van der Waals surface area contributed by atoms with E-state index in [1.54, 1.807) is 0 Å². The molecule has 1 aromatic heterocycles. The molecule has 0 aromatic carbocycles. The third-order valence-corrected chi connectivity index (χ3v) is 2.60. The monoisotopic (exact) mass is 244 g/mol. The molecule has 1 aliphatic rings. The van der Waals surface area contributed by atoms with Gasteiger partial charge in [0.05, 0.1) is 6.61 Å². The Morgan fingerprint density at radius 3 is 2.65 bits per heavy atom. The number of hydrogen-bond donors (Lipinski definition) is 4.